The molecule has 0 radical (unpaired) electrons. The van der Waals surface area contributed by atoms with Crippen molar-refractivity contribution in [2.24, 2.45) is 0 Å². The molecule has 2 amide bonds. The molecule has 7 heteroatoms. The molecule has 0 atom stereocenters. The zero-order chi connectivity index (χ0) is 16.1. The minimum atomic E-state index is -0.168. The maximum atomic E-state index is 11.7. The summed E-state index contributed by atoms with van der Waals surface area (Å²) in [5, 5.41) is 8.00. The second kappa shape index (κ2) is 7.33. The first-order valence-electron chi connectivity index (χ1n) is 6.69. The fourth-order valence-electron chi connectivity index (χ4n) is 1.67. The molecule has 0 fully saturated rings. The Bertz CT molecular complexity index is 712. The fraction of sp³-hybridized carbons (Fsp3) is 0.267. The van der Waals surface area contributed by atoms with E-state index >= 15 is 0 Å². The van der Waals surface area contributed by atoms with Crippen molar-refractivity contribution in [2.45, 2.75) is 27.3 Å². The highest BCUT2D eigenvalue weighted by Gasteiger charge is 2.09. The lowest BCUT2D eigenvalue weighted by atomic mass is 10.3. The van der Waals surface area contributed by atoms with Gasteiger partial charge in [0, 0.05) is 23.3 Å². The molecular weight excluding hydrogens is 318 g/mol. The number of amides is 2. The van der Waals surface area contributed by atoms with E-state index in [1.807, 2.05) is 31.4 Å². The van der Waals surface area contributed by atoms with Crippen LogP contribution in [0.3, 0.4) is 0 Å². The van der Waals surface area contributed by atoms with E-state index in [0.717, 1.165) is 21.0 Å². The number of carbonyl (C=O) groups is 2. The molecule has 0 aromatic carbocycles. The van der Waals surface area contributed by atoms with Gasteiger partial charge in [-0.05, 0) is 26.0 Å². The molecule has 116 valence electrons. The van der Waals surface area contributed by atoms with Crippen molar-refractivity contribution in [2.75, 3.05) is 5.32 Å². The van der Waals surface area contributed by atoms with Crippen LogP contribution in [0.5, 0.6) is 0 Å². The molecule has 0 aliphatic heterocycles. The predicted molar refractivity (Wildman–Crippen MR) is 91.0 cm³/mol. The van der Waals surface area contributed by atoms with Crippen LogP contribution >= 0.6 is 22.7 Å². The lowest BCUT2D eigenvalue weighted by Crippen LogP contribution is -2.17. The van der Waals surface area contributed by atoms with Crippen molar-refractivity contribution < 1.29 is 9.59 Å². The number of nitrogens with one attached hydrogen (secondary N) is 2. The lowest BCUT2D eigenvalue weighted by Gasteiger charge is -1.97. The molecule has 0 spiro atoms. The van der Waals surface area contributed by atoms with E-state index in [1.165, 1.54) is 24.3 Å². The first kappa shape index (κ1) is 16.4. The molecule has 0 unspecified atom stereocenters. The van der Waals surface area contributed by atoms with Crippen LogP contribution in [0.4, 0.5) is 5.13 Å². The minimum absolute atomic E-state index is 0.0483. The van der Waals surface area contributed by atoms with Crippen LogP contribution in [-0.2, 0) is 16.1 Å². The van der Waals surface area contributed by atoms with Crippen molar-refractivity contribution in [1.82, 2.24) is 10.3 Å². The third-order valence-electron chi connectivity index (χ3n) is 2.58. The standard InChI is InChI=1S/C15H17N3O2S2/c1-9(2)6-14(20)18-15-17-12(8-21-15)13-5-4-11(22-13)7-16-10(3)19/h4-6,8H,7H2,1-3H3,(H,16,19)(H,17,18,20). The van der Waals surface area contributed by atoms with Crippen LogP contribution in [0, 0.1) is 0 Å². The van der Waals surface area contributed by atoms with Gasteiger partial charge in [0.1, 0.15) is 0 Å². The number of thiophene rings is 1. The summed E-state index contributed by atoms with van der Waals surface area (Å²) in [6.45, 7) is 5.76. The Morgan fingerprint density at radius 2 is 2.05 bits per heavy atom. The highest BCUT2D eigenvalue weighted by Crippen LogP contribution is 2.30. The topological polar surface area (TPSA) is 71.1 Å². The average molecular weight is 335 g/mol. The van der Waals surface area contributed by atoms with Gasteiger partial charge in [-0.25, -0.2) is 4.98 Å². The molecule has 0 saturated heterocycles. The molecule has 5 nitrogen and oxygen atoms in total. The van der Waals surface area contributed by atoms with Crippen LogP contribution in [-0.4, -0.2) is 16.8 Å². The molecule has 2 aromatic heterocycles. The van der Waals surface area contributed by atoms with E-state index in [1.54, 1.807) is 11.3 Å². The van der Waals surface area contributed by atoms with Gasteiger partial charge in [0.15, 0.2) is 5.13 Å². The van der Waals surface area contributed by atoms with Gasteiger partial charge >= 0.3 is 0 Å². The maximum Gasteiger partial charge on any atom is 0.250 e. The van der Waals surface area contributed by atoms with Crippen molar-refractivity contribution >= 4 is 39.6 Å². The van der Waals surface area contributed by atoms with Gasteiger partial charge in [-0.2, -0.15) is 0 Å². The molecule has 0 bridgehead atoms. The van der Waals surface area contributed by atoms with Crippen LogP contribution in [0.15, 0.2) is 29.2 Å². The number of rotatable bonds is 5. The third-order valence-corrected chi connectivity index (χ3v) is 4.45. The Morgan fingerprint density at radius 3 is 2.73 bits per heavy atom. The largest absolute Gasteiger partial charge is 0.351 e. The number of anilines is 1. The monoisotopic (exact) mass is 335 g/mol. The molecule has 0 saturated carbocycles. The number of thiazole rings is 1. The molecule has 0 aliphatic carbocycles. The van der Waals surface area contributed by atoms with Gasteiger partial charge in [0.05, 0.1) is 17.1 Å². The summed E-state index contributed by atoms with van der Waals surface area (Å²) in [5.41, 5.74) is 1.77. The number of hydrogen-bond donors (Lipinski definition) is 2. The Morgan fingerprint density at radius 1 is 1.27 bits per heavy atom. The number of hydrogen-bond acceptors (Lipinski definition) is 5. The minimum Gasteiger partial charge on any atom is -0.351 e. The van der Waals surface area contributed by atoms with E-state index in [2.05, 4.69) is 15.6 Å². The van der Waals surface area contributed by atoms with Gasteiger partial charge < -0.3 is 5.32 Å². The van der Waals surface area contributed by atoms with Crippen molar-refractivity contribution in [3.05, 3.63) is 34.0 Å². The molecule has 2 N–H and O–H groups in total. The number of carbonyl (C=O) groups excluding carboxylic acids is 2. The quantitative estimate of drug-likeness (QED) is 0.823. The van der Waals surface area contributed by atoms with E-state index < -0.39 is 0 Å². The number of allylic oxidation sites excluding steroid dienone is 1. The van der Waals surface area contributed by atoms with Gasteiger partial charge in [0.25, 0.3) is 0 Å². The normalized spacial score (nSPS) is 10.1. The summed E-state index contributed by atoms with van der Waals surface area (Å²) in [6, 6.07) is 3.94. The van der Waals surface area contributed by atoms with E-state index in [-0.39, 0.29) is 11.8 Å². The second-order valence-electron chi connectivity index (χ2n) is 4.92. The zero-order valence-corrected chi connectivity index (χ0v) is 14.2. The Hall–Kier alpha value is -1.99. The average Bonchev–Trinajstić information content (AvgIpc) is 3.03. The summed E-state index contributed by atoms with van der Waals surface area (Å²) in [4.78, 5) is 29.1. The van der Waals surface area contributed by atoms with Crippen LogP contribution in [0.2, 0.25) is 0 Å². The van der Waals surface area contributed by atoms with Gasteiger partial charge in [-0.15, -0.1) is 22.7 Å². The maximum absolute atomic E-state index is 11.7. The molecule has 2 heterocycles. The molecule has 22 heavy (non-hydrogen) atoms. The first-order valence-corrected chi connectivity index (χ1v) is 8.38. The van der Waals surface area contributed by atoms with E-state index in [9.17, 15) is 9.59 Å². The van der Waals surface area contributed by atoms with Gasteiger partial charge in [0.2, 0.25) is 11.8 Å². The first-order chi connectivity index (χ1) is 10.4. The second-order valence-corrected chi connectivity index (χ2v) is 6.95. The fourth-order valence-corrected chi connectivity index (χ4v) is 3.37. The van der Waals surface area contributed by atoms with E-state index in [4.69, 9.17) is 0 Å². The summed E-state index contributed by atoms with van der Waals surface area (Å²) >= 11 is 2.97. The van der Waals surface area contributed by atoms with Gasteiger partial charge in [-0.1, -0.05) is 5.57 Å². The number of nitrogens with zero attached hydrogens (tertiary/aromatic N) is 1. The molecule has 2 aromatic rings. The highest BCUT2D eigenvalue weighted by atomic mass is 32.1. The van der Waals surface area contributed by atoms with Crippen LogP contribution < -0.4 is 10.6 Å². The van der Waals surface area contributed by atoms with Crippen molar-refractivity contribution in [1.29, 1.82) is 0 Å². The van der Waals surface area contributed by atoms with Crippen LogP contribution in [0.1, 0.15) is 25.6 Å². The Balaban J connectivity index is 2.03. The zero-order valence-electron chi connectivity index (χ0n) is 12.6. The summed E-state index contributed by atoms with van der Waals surface area (Å²) in [5.74, 6) is -0.216. The van der Waals surface area contributed by atoms with Crippen LogP contribution in [0.25, 0.3) is 10.6 Å². The van der Waals surface area contributed by atoms with Crippen molar-refractivity contribution in [3.63, 3.8) is 0 Å². The molecule has 0 aliphatic rings. The highest BCUT2D eigenvalue weighted by molar-refractivity contribution is 7.17. The molecular formula is C15H17N3O2S2. The Labute approximate surface area is 137 Å². The van der Waals surface area contributed by atoms with Crippen molar-refractivity contribution in [3.8, 4) is 10.6 Å². The third kappa shape index (κ3) is 4.78. The van der Waals surface area contributed by atoms with E-state index in [0.29, 0.717) is 11.7 Å². The Kier molecular flexibility index (Phi) is 5.46. The SMILES string of the molecule is CC(=O)NCc1ccc(-c2csc(NC(=O)C=C(C)C)n2)s1. The summed E-state index contributed by atoms with van der Waals surface area (Å²) in [7, 11) is 0. The smallest absolute Gasteiger partial charge is 0.250 e. The lowest BCUT2D eigenvalue weighted by molar-refractivity contribution is -0.119. The number of aromatic nitrogens is 1. The summed E-state index contributed by atoms with van der Waals surface area (Å²) < 4.78 is 0. The molecule has 2 rings (SSSR count). The van der Waals surface area contributed by atoms with Gasteiger partial charge in [-0.3, -0.25) is 14.9 Å². The predicted octanol–water partition coefficient (Wildman–Crippen LogP) is 3.41. The summed E-state index contributed by atoms with van der Waals surface area (Å²) in [6.07, 6.45) is 1.54.